The van der Waals surface area contributed by atoms with Crippen molar-refractivity contribution in [3.63, 3.8) is 0 Å². The van der Waals surface area contributed by atoms with Crippen LogP contribution < -0.4 is 5.32 Å². The molecular weight excluding hydrogens is 362 g/mol. The van der Waals surface area contributed by atoms with Gasteiger partial charge in [0.15, 0.2) is 0 Å². The van der Waals surface area contributed by atoms with Gasteiger partial charge in [-0.15, -0.1) is 0 Å². The summed E-state index contributed by atoms with van der Waals surface area (Å²) in [7, 11) is 1.83. The van der Waals surface area contributed by atoms with E-state index >= 15 is 0 Å². The van der Waals surface area contributed by atoms with Crippen LogP contribution in [0.3, 0.4) is 0 Å². The van der Waals surface area contributed by atoms with Crippen LogP contribution in [0.15, 0.2) is 36.4 Å². The van der Waals surface area contributed by atoms with Crippen molar-refractivity contribution in [2.45, 2.75) is 46.7 Å². The first-order valence-electron chi connectivity index (χ1n) is 10.2. The number of rotatable bonds is 5. The third kappa shape index (κ3) is 4.85. The summed E-state index contributed by atoms with van der Waals surface area (Å²) in [5, 5.41) is 3.02. The van der Waals surface area contributed by atoms with Crippen molar-refractivity contribution in [3.05, 3.63) is 64.2 Å². The zero-order chi connectivity index (χ0) is 21.1. The number of nitrogens with zero attached hydrogens (tertiary/aromatic N) is 2. The first-order chi connectivity index (χ1) is 13.8. The quantitative estimate of drug-likeness (QED) is 0.846. The molecule has 0 radical (unpaired) electrons. The Morgan fingerprint density at radius 1 is 1.10 bits per heavy atom. The molecule has 1 aliphatic rings. The molecule has 0 saturated carbocycles. The molecule has 0 fully saturated rings. The number of benzene rings is 2. The van der Waals surface area contributed by atoms with Crippen molar-refractivity contribution in [2.75, 3.05) is 25.5 Å². The molecule has 1 atom stereocenters. The number of aryl methyl sites for hydroxylation is 3. The molecule has 5 heteroatoms. The second-order valence-corrected chi connectivity index (χ2v) is 8.19. The maximum absolute atomic E-state index is 13.0. The third-order valence-corrected chi connectivity index (χ3v) is 5.80. The van der Waals surface area contributed by atoms with Crippen molar-refractivity contribution in [1.82, 2.24) is 9.80 Å². The van der Waals surface area contributed by atoms with E-state index in [2.05, 4.69) is 29.6 Å². The summed E-state index contributed by atoms with van der Waals surface area (Å²) in [4.78, 5) is 29.3. The zero-order valence-electron chi connectivity index (χ0n) is 18.1. The van der Waals surface area contributed by atoms with Crippen LogP contribution in [0, 0.1) is 20.8 Å². The van der Waals surface area contributed by atoms with Gasteiger partial charge in [0, 0.05) is 18.8 Å². The molecule has 1 N–H and O–H groups in total. The highest BCUT2D eigenvalue weighted by molar-refractivity contribution is 5.94. The molecule has 5 nitrogen and oxygen atoms in total. The molecule has 2 aromatic carbocycles. The number of anilines is 1. The average molecular weight is 394 g/mol. The number of fused-ring (bicyclic) bond motifs is 1. The fourth-order valence-corrected chi connectivity index (χ4v) is 4.06. The minimum Gasteiger partial charge on any atom is -0.337 e. The second-order valence-electron chi connectivity index (χ2n) is 8.19. The van der Waals surface area contributed by atoms with E-state index in [0.29, 0.717) is 6.54 Å². The van der Waals surface area contributed by atoms with E-state index in [1.54, 1.807) is 0 Å². The van der Waals surface area contributed by atoms with E-state index in [-0.39, 0.29) is 24.4 Å². The average Bonchev–Trinajstić information content (AvgIpc) is 2.69. The van der Waals surface area contributed by atoms with E-state index in [1.165, 1.54) is 16.7 Å². The van der Waals surface area contributed by atoms with Crippen LogP contribution >= 0.6 is 0 Å². The summed E-state index contributed by atoms with van der Waals surface area (Å²) in [6.45, 7) is 9.46. The number of carbonyl (C=O) groups excluding carboxylic acids is 2. The first kappa shape index (κ1) is 21.1. The van der Waals surface area contributed by atoms with E-state index in [0.717, 1.165) is 29.8 Å². The van der Waals surface area contributed by atoms with Gasteiger partial charge in [-0.25, -0.2) is 0 Å². The van der Waals surface area contributed by atoms with Crippen molar-refractivity contribution in [1.29, 1.82) is 0 Å². The van der Waals surface area contributed by atoms with Crippen molar-refractivity contribution in [3.8, 4) is 0 Å². The van der Waals surface area contributed by atoms with Crippen molar-refractivity contribution in [2.24, 2.45) is 0 Å². The van der Waals surface area contributed by atoms with Gasteiger partial charge in [0.05, 0.1) is 12.6 Å². The molecule has 0 aliphatic carbocycles. The molecule has 0 unspecified atom stereocenters. The Kier molecular flexibility index (Phi) is 6.38. The van der Waals surface area contributed by atoms with Crippen LogP contribution in [0.5, 0.6) is 0 Å². The topological polar surface area (TPSA) is 52.7 Å². The number of hydrogen-bond donors (Lipinski definition) is 1. The molecule has 0 spiro atoms. The number of nitrogens with one attached hydrogen (secondary N) is 1. The number of amides is 2. The van der Waals surface area contributed by atoms with Gasteiger partial charge in [0.25, 0.3) is 0 Å². The molecular formula is C24H31N3O2. The van der Waals surface area contributed by atoms with Crippen LogP contribution in [-0.2, 0) is 22.6 Å². The summed E-state index contributed by atoms with van der Waals surface area (Å²) in [6, 6.07) is 12.0. The van der Waals surface area contributed by atoms with Crippen LogP contribution in [-0.4, -0.2) is 47.8 Å². The lowest BCUT2D eigenvalue weighted by atomic mass is 9.99. The van der Waals surface area contributed by atoms with Gasteiger partial charge < -0.3 is 10.2 Å². The molecule has 0 bridgehead atoms. The number of hydrogen-bond acceptors (Lipinski definition) is 3. The Morgan fingerprint density at radius 2 is 1.72 bits per heavy atom. The van der Waals surface area contributed by atoms with Gasteiger partial charge >= 0.3 is 0 Å². The second kappa shape index (κ2) is 8.78. The fourth-order valence-electron chi connectivity index (χ4n) is 4.06. The molecule has 0 aromatic heterocycles. The van der Waals surface area contributed by atoms with Gasteiger partial charge in [-0.3, -0.25) is 14.5 Å². The molecule has 2 aromatic rings. The predicted molar refractivity (Wildman–Crippen MR) is 117 cm³/mol. The van der Waals surface area contributed by atoms with Gasteiger partial charge in [0.1, 0.15) is 0 Å². The molecule has 3 rings (SSSR count). The van der Waals surface area contributed by atoms with Gasteiger partial charge in [-0.1, -0.05) is 42.0 Å². The summed E-state index contributed by atoms with van der Waals surface area (Å²) >= 11 is 0. The summed E-state index contributed by atoms with van der Waals surface area (Å²) < 4.78 is 0. The molecule has 1 heterocycles. The predicted octanol–water partition coefficient (Wildman–Crippen LogP) is 3.46. The largest absolute Gasteiger partial charge is 0.337 e. The van der Waals surface area contributed by atoms with Crippen LogP contribution in [0.1, 0.15) is 34.7 Å². The number of carbonyl (C=O) groups is 2. The lowest BCUT2D eigenvalue weighted by Crippen LogP contribution is -2.49. The lowest BCUT2D eigenvalue weighted by Gasteiger charge is -2.33. The Balaban J connectivity index is 1.59. The van der Waals surface area contributed by atoms with Gasteiger partial charge in [-0.05, 0) is 63.4 Å². The molecule has 154 valence electrons. The summed E-state index contributed by atoms with van der Waals surface area (Å²) in [5.74, 6) is -0.0382. The lowest BCUT2D eigenvalue weighted by molar-refractivity contribution is -0.137. The van der Waals surface area contributed by atoms with Crippen LogP contribution in [0.25, 0.3) is 0 Å². The monoisotopic (exact) mass is 393 g/mol. The summed E-state index contributed by atoms with van der Waals surface area (Å²) in [6.07, 6.45) is 0.880. The highest BCUT2D eigenvalue weighted by Crippen LogP contribution is 2.22. The summed E-state index contributed by atoms with van der Waals surface area (Å²) in [5.41, 5.74) is 6.67. The Labute approximate surface area is 173 Å². The standard InChI is InChI=1S/C24H31N3O2/c1-16-12-17(2)23(18(3)13-16)25-22(28)15-26(5)19(4)24(29)27-11-10-20-8-6-7-9-21(20)14-27/h6-9,12-13,19H,10-11,14-15H2,1-5H3,(H,25,28)/t19-/m1/s1. The maximum atomic E-state index is 13.0. The van der Waals surface area contributed by atoms with Crippen LogP contribution in [0.2, 0.25) is 0 Å². The minimum atomic E-state index is -0.355. The molecule has 29 heavy (non-hydrogen) atoms. The first-order valence-corrected chi connectivity index (χ1v) is 10.2. The smallest absolute Gasteiger partial charge is 0.239 e. The Bertz CT molecular complexity index is 899. The highest BCUT2D eigenvalue weighted by atomic mass is 16.2. The molecule has 2 amide bonds. The van der Waals surface area contributed by atoms with Crippen molar-refractivity contribution >= 4 is 17.5 Å². The maximum Gasteiger partial charge on any atom is 0.239 e. The van der Waals surface area contributed by atoms with E-state index in [9.17, 15) is 9.59 Å². The van der Waals surface area contributed by atoms with Crippen LogP contribution in [0.4, 0.5) is 5.69 Å². The SMILES string of the molecule is Cc1cc(C)c(NC(=O)CN(C)[C@H](C)C(=O)N2CCc3ccccc3C2)c(C)c1. The van der Waals surface area contributed by atoms with E-state index in [1.807, 2.05) is 56.7 Å². The van der Waals surface area contributed by atoms with Gasteiger partial charge in [-0.2, -0.15) is 0 Å². The Hall–Kier alpha value is -2.66. The zero-order valence-corrected chi connectivity index (χ0v) is 18.1. The molecule has 1 aliphatic heterocycles. The van der Waals surface area contributed by atoms with Crippen molar-refractivity contribution < 1.29 is 9.59 Å². The van der Waals surface area contributed by atoms with E-state index < -0.39 is 0 Å². The molecule has 0 saturated heterocycles. The highest BCUT2D eigenvalue weighted by Gasteiger charge is 2.27. The fraction of sp³-hybridized carbons (Fsp3) is 0.417. The third-order valence-electron chi connectivity index (χ3n) is 5.80. The van der Waals surface area contributed by atoms with E-state index in [4.69, 9.17) is 0 Å². The minimum absolute atomic E-state index is 0.0671. The normalized spacial score (nSPS) is 14.5. The number of likely N-dealkylation sites (N-methyl/N-ethyl adjacent to an activating group) is 1. The Morgan fingerprint density at radius 3 is 2.38 bits per heavy atom. The van der Waals surface area contributed by atoms with Gasteiger partial charge in [0.2, 0.25) is 11.8 Å².